The molecule has 1 heterocycles. The van der Waals surface area contributed by atoms with Crippen molar-refractivity contribution in [3.8, 4) is 0 Å². The average molecular weight is 266 g/mol. The molecule has 1 saturated heterocycles. The number of rotatable bonds is 2. The van der Waals surface area contributed by atoms with Gasteiger partial charge >= 0.3 is 0 Å². The number of carbonyl (C=O) groups excluding carboxylic acids is 2. The first-order valence-corrected chi connectivity index (χ1v) is 5.68. The molecule has 19 heavy (non-hydrogen) atoms. The normalized spacial score (nSPS) is 18.7. The molecule has 0 aromatic heterocycles. The number of nitro benzene ring substituents is 1. The number of benzene rings is 1. The molecule has 0 radical (unpaired) electrons. The minimum Gasteiger partial charge on any atom is -0.278 e. The number of likely N-dealkylation sites (tertiary alicyclic amines) is 1. The summed E-state index contributed by atoms with van der Waals surface area (Å²) in [6, 6.07) is 2.68. The molecule has 1 aromatic rings. The molecule has 1 atom stereocenters. The molecule has 2 amide bonds. The number of hydrogen-bond acceptors (Lipinski definition) is 4. The van der Waals surface area contributed by atoms with Crippen molar-refractivity contribution in [2.24, 2.45) is 5.92 Å². The lowest BCUT2D eigenvalue weighted by atomic mass is 10.1. The highest BCUT2D eigenvalue weighted by Gasteiger charge is 2.33. The standard InChI is InChI=1S/C12H11FN2O4/c1-7-4-11(16)14(6-7)12(17)9-5-8(15(18)19)2-3-10(9)13/h2-3,5,7H,4,6H2,1H3. The Hall–Kier alpha value is -2.31. The third-order valence-electron chi connectivity index (χ3n) is 2.95. The molecule has 0 spiro atoms. The molecule has 1 unspecified atom stereocenters. The van der Waals surface area contributed by atoms with Gasteiger partial charge in [-0.05, 0) is 12.0 Å². The topological polar surface area (TPSA) is 80.5 Å². The Kier molecular flexibility index (Phi) is 3.28. The van der Waals surface area contributed by atoms with Crippen molar-refractivity contribution in [1.29, 1.82) is 0 Å². The summed E-state index contributed by atoms with van der Waals surface area (Å²) in [5.41, 5.74) is -0.832. The van der Waals surface area contributed by atoms with Gasteiger partial charge in [-0.2, -0.15) is 0 Å². The van der Waals surface area contributed by atoms with E-state index in [9.17, 15) is 24.1 Å². The second-order valence-electron chi connectivity index (χ2n) is 4.54. The predicted octanol–water partition coefficient (Wildman–Crippen LogP) is 1.74. The Morgan fingerprint density at radius 1 is 1.53 bits per heavy atom. The minimum absolute atomic E-state index is 0.0122. The van der Waals surface area contributed by atoms with E-state index >= 15 is 0 Å². The molecule has 100 valence electrons. The second kappa shape index (κ2) is 4.75. The molecule has 0 aliphatic carbocycles. The smallest absolute Gasteiger partial charge is 0.270 e. The summed E-state index contributed by atoms with van der Waals surface area (Å²) < 4.78 is 13.6. The van der Waals surface area contributed by atoms with E-state index in [2.05, 4.69) is 0 Å². The zero-order valence-corrected chi connectivity index (χ0v) is 10.1. The predicted molar refractivity (Wildman–Crippen MR) is 62.9 cm³/mol. The largest absolute Gasteiger partial charge is 0.278 e. The van der Waals surface area contributed by atoms with Gasteiger partial charge in [-0.25, -0.2) is 4.39 Å². The monoisotopic (exact) mass is 266 g/mol. The number of imide groups is 1. The average Bonchev–Trinajstić information content (AvgIpc) is 2.68. The van der Waals surface area contributed by atoms with Crippen LogP contribution < -0.4 is 0 Å². The van der Waals surface area contributed by atoms with Gasteiger partial charge in [-0.3, -0.25) is 24.6 Å². The van der Waals surface area contributed by atoms with Crippen LogP contribution in [0, 0.1) is 21.8 Å². The minimum atomic E-state index is -0.872. The van der Waals surface area contributed by atoms with E-state index in [4.69, 9.17) is 0 Å². The van der Waals surface area contributed by atoms with E-state index in [1.165, 1.54) is 0 Å². The van der Waals surface area contributed by atoms with Crippen LogP contribution in [0.5, 0.6) is 0 Å². The second-order valence-corrected chi connectivity index (χ2v) is 4.54. The van der Waals surface area contributed by atoms with E-state index in [-0.39, 0.29) is 30.5 Å². The van der Waals surface area contributed by atoms with Gasteiger partial charge in [0.2, 0.25) is 5.91 Å². The lowest BCUT2D eigenvalue weighted by Gasteiger charge is -2.14. The van der Waals surface area contributed by atoms with Crippen LogP contribution in [0.1, 0.15) is 23.7 Å². The van der Waals surface area contributed by atoms with Crippen LogP contribution in [0.4, 0.5) is 10.1 Å². The summed E-state index contributed by atoms with van der Waals surface area (Å²) in [4.78, 5) is 34.5. The summed E-state index contributed by atoms with van der Waals surface area (Å²) in [7, 11) is 0. The molecule has 1 fully saturated rings. The summed E-state index contributed by atoms with van der Waals surface area (Å²) in [5.74, 6) is -2.07. The maximum atomic E-state index is 13.6. The fourth-order valence-electron chi connectivity index (χ4n) is 2.02. The highest BCUT2D eigenvalue weighted by molar-refractivity contribution is 6.06. The highest BCUT2D eigenvalue weighted by Crippen LogP contribution is 2.23. The highest BCUT2D eigenvalue weighted by atomic mass is 19.1. The molecular weight excluding hydrogens is 255 g/mol. The molecule has 0 N–H and O–H groups in total. The van der Waals surface area contributed by atoms with Gasteiger partial charge in [0, 0.05) is 25.1 Å². The van der Waals surface area contributed by atoms with E-state index < -0.39 is 22.2 Å². The van der Waals surface area contributed by atoms with Crippen molar-refractivity contribution < 1.29 is 18.9 Å². The van der Waals surface area contributed by atoms with E-state index in [1.807, 2.05) is 0 Å². The molecule has 7 heteroatoms. The van der Waals surface area contributed by atoms with Crippen molar-refractivity contribution in [2.45, 2.75) is 13.3 Å². The molecule has 1 aliphatic heterocycles. The molecule has 0 bridgehead atoms. The summed E-state index contributed by atoms with van der Waals surface area (Å²) in [6.07, 6.45) is 0.224. The van der Waals surface area contributed by atoms with Crippen molar-refractivity contribution in [2.75, 3.05) is 6.54 Å². The van der Waals surface area contributed by atoms with Crippen LogP contribution in [-0.2, 0) is 4.79 Å². The van der Waals surface area contributed by atoms with Crippen molar-refractivity contribution in [1.82, 2.24) is 4.90 Å². The molecule has 1 aromatic carbocycles. The van der Waals surface area contributed by atoms with Gasteiger partial charge in [0.25, 0.3) is 11.6 Å². The molecular formula is C12H11FN2O4. The van der Waals surface area contributed by atoms with Crippen molar-refractivity contribution in [3.63, 3.8) is 0 Å². The fourth-order valence-corrected chi connectivity index (χ4v) is 2.02. The third-order valence-corrected chi connectivity index (χ3v) is 2.95. The van der Waals surface area contributed by atoms with Gasteiger partial charge in [0.1, 0.15) is 5.82 Å². The first-order valence-electron chi connectivity index (χ1n) is 5.68. The number of carbonyl (C=O) groups is 2. The molecule has 2 rings (SSSR count). The lowest BCUT2D eigenvalue weighted by Crippen LogP contribution is -2.32. The van der Waals surface area contributed by atoms with Gasteiger partial charge in [0.15, 0.2) is 0 Å². The van der Waals surface area contributed by atoms with E-state index in [1.54, 1.807) is 6.92 Å². The first-order chi connectivity index (χ1) is 8.90. The zero-order valence-electron chi connectivity index (χ0n) is 10.1. The van der Waals surface area contributed by atoms with E-state index in [0.29, 0.717) is 0 Å². The van der Waals surface area contributed by atoms with Gasteiger partial charge in [0.05, 0.1) is 10.5 Å². The maximum Gasteiger partial charge on any atom is 0.270 e. The van der Waals surface area contributed by atoms with Gasteiger partial charge in [-0.15, -0.1) is 0 Å². The summed E-state index contributed by atoms with van der Waals surface area (Å²) in [6.45, 7) is 2.01. The van der Waals surface area contributed by atoms with Crippen molar-refractivity contribution in [3.05, 3.63) is 39.7 Å². The SMILES string of the molecule is CC1CC(=O)N(C(=O)c2cc([N+](=O)[O-])ccc2F)C1. The van der Waals surface area contributed by atoms with Crippen LogP contribution in [0.15, 0.2) is 18.2 Å². The van der Waals surface area contributed by atoms with Crippen LogP contribution in [0.2, 0.25) is 0 Å². The molecule has 6 nitrogen and oxygen atoms in total. The quantitative estimate of drug-likeness (QED) is 0.464. The number of nitrogens with zero attached hydrogens (tertiary/aromatic N) is 2. The maximum absolute atomic E-state index is 13.6. The third kappa shape index (κ3) is 2.44. The Morgan fingerprint density at radius 2 is 2.21 bits per heavy atom. The first kappa shape index (κ1) is 13.1. The Labute approximate surface area is 108 Å². The number of amides is 2. The van der Waals surface area contributed by atoms with Crippen LogP contribution in [-0.4, -0.2) is 28.2 Å². The van der Waals surface area contributed by atoms with Gasteiger partial charge in [-0.1, -0.05) is 6.92 Å². The Balaban J connectivity index is 2.36. The van der Waals surface area contributed by atoms with Crippen LogP contribution >= 0.6 is 0 Å². The fraction of sp³-hybridized carbons (Fsp3) is 0.333. The van der Waals surface area contributed by atoms with Crippen LogP contribution in [0.25, 0.3) is 0 Å². The van der Waals surface area contributed by atoms with Gasteiger partial charge < -0.3 is 0 Å². The lowest BCUT2D eigenvalue weighted by molar-refractivity contribution is -0.384. The van der Waals surface area contributed by atoms with E-state index in [0.717, 1.165) is 23.1 Å². The zero-order chi connectivity index (χ0) is 14.2. The number of hydrogen-bond donors (Lipinski definition) is 0. The Morgan fingerprint density at radius 3 is 2.74 bits per heavy atom. The summed E-state index contributed by atoms with van der Waals surface area (Å²) >= 11 is 0. The summed E-state index contributed by atoms with van der Waals surface area (Å²) in [5, 5.41) is 10.6. The van der Waals surface area contributed by atoms with Crippen LogP contribution in [0.3, 0.4) is 0 Å². The Bertz CT molecular complexity index is 573. The number of non-ortho nitro benzene ring substituents is 1. The molecule has 0 saturated carbocycles. The number of nitro groups is 1. The number of halogens is 1. The molecule has 1 aliphatic rings. The van der Waals surface area contributed by atoms with Crippen molar-refractivity contribution >= 4 is 17.5 Å².